The second-order valence-corrected chi connectivity index (χ2v) is 6.82. The van der Waals surface area contributed by atoms with Crippen LogP contribution in [0, 0.1) is 0 Å². The summed E-state index contributed by atoms with van der Waals surface area (Å²) in [6.07, 6.45) is 1.09. The summed E-state index contributed by atoms with van der Waals surface area (Å²) < 4.78 is 6.76. The fraction of sp³-hybridized carbons (Fsp3) is 0.389. The standard InChI is InChI=1S/C18H22N2O5/c1-11(21)19-14(16(22)23)9-12-10-20(17(24)25-18(2,3)4)15-8-6-5-7-13(12)15/h5-8,10,14H,9H2,1-4H3,(H,19,21)(H,22,23)/t14-/m0/s1. The number of aliphatic carboxylic acids is 1. The smallest absolute Gasteiger partial charge is 0.419 e. The predicted molar refractivity (Wildman–Crippen MR) is 92.5 cm³/mol. The average Bonchev–Trinajstić information content (AvgIpc) is 2.83. The SMILES string of the molecule is CC(=O)N[C@@H](Cc1cn(C(=O)OC(C)(C)C)c2ccccc12)C(=O)O. The fourth-order valence-electron chi connectivity index (χ4n) is 2.54. The molecule has 0 spiro atoms. The molecule has 0 saturated heterocycles. The summed E-state index contributed by atoms with van der Waals surface area (Å²) in [5.74, 6) is -1.56. The van der Waals surface area contributed by atoms with Crippen molar-refractivity contribution >= 4 is 28.9 Å². The topological polar surface area (TPSA) is 97.6 Å². The van der Waals surface area contributed by atoms with Crippen molar-refractivity contribution in [1.29, 1.82) is 0 Å². The number of benzene rings is 1. The lowest BCUT2D eigenvalue weighted by atomic mass is 10.1. The number of carbonyl (C=O) groups is 3. The van der Waals surface area contributed by atoms with Crippen LogP contribution in [-0.2, 0) is 20.7 Å². The minimum atomic E-state index is -1.13. The van der Waals surface area contributed by atoms with Gasteiger partial charge in [0.2, 0.25) is 5.91 Å². The van der Waals surface area contributed by atoms with Crippen LogP contribution in [0.5, 0.6) is 0 Å². The molecule has 1 aromatic carbocycles. The van der Waals surface area contributed by atoms with Crippen LogP contribution in [0.3, 0.4) is 0 Å². The number of carboxylic acid groups (broad SMARTS) is 1. The number of hydrogen-bond donors (Lipinski definition) is 2. The van der Waals surface area contributed by atoms with Crippen molar-refractivity contribution in [3.05, 3.63) is 36.0 Å². The van der Waals surface area contributed by atoms with Crippen molar-refractivity contribution in [1.82, 2.24) is 9.88 Å². The van der Waals surface area contributed by atoms with E-state index in [9.17, 15) is 19.5 Å². The molecule has 0 fully saturated rings. The quantitative estimate of drug-likeness (QED) is 0.887. The minimum Gasteiger partial charge on any atom is -0.480 e. The summed E-state index contributed by atoms with van der Waals surface area (Å²) in [6, 6.07) is 6.08. The molecule has 0 bridgehead atoms. The van der Waals surface area contributed by atoms with E-state index in [1.54, 1.807) is 51.2 Å². The van der Waals surface area contributed by atoms with Crippen molar-refractivity contribution < 1.29 is 24.2 Å². The Kier molecular flexibility index (Phi) is 5.15. The Labute approximate surface area is 145 Å². The van der Waals surface area contributed by atoms with Gasteiger partial charge in [0.1, 0.15) is 11.6 Å². The zero-order valence-corrected chi connectivity index (χ0v) is 14.7. The van der Waals surface area contributed by atoms with Crippen LogP contribution >= 0.6 is 0 Å². The van der Waals surface area contributed by atoms with E-state index in [-0.39, 0.29) is 6.42 Å². The molecule has 7 heteroatoms. The highest BCUT2D eigenvalue weighted by Gasteiger charge is 2.24. The zero-order chi connectivity index (χ0) is 18.8. The molecule has 0 aliphatic heterocycles. The van der Waals surface area contributed by atoms with E-state index in [0.29, 0.717) is 11.1 Å². The van der Waals surface area contributed by atoms with Crippen molar-refractivity contribution in [2.75, 3.05) is 0 Å². The molecule has 1 heterocycles. The number of rotatable bonds is 4. The van der Waals surface area contributed by atoms with Gasteiger partial charge >= 0.3 is 12.1 Å². The molecule has 1 atom stereocenters. The van der Waals surface area contributed by atoms with E-state index >= 15 is 0 Å². The van der Waals surface area contributed by atoms with Gasteiger partial charge in [-0.2, -0.15) is 0 Å². The van der Waals surface area contributed by atoms with Gasteiger partial charge in [0.05, 0.1) is 5.52 Å². The Morgan fingerprint density at radius 3 is 2.44 bits per heavy atom. The number of carboxylic acids is 1. The molecular weight excluding hydrogens is 324 g/mol. The van der Waals surface area contributed by atoms with Gasteiger partial charge in [0.15, 0.2) is 0 Å². The lowest BCUT2D eigenvalue weighted by Crippen LogP contribution is -2.41. The van der Waals surface area contributed by atoms with Crippen LogP contribution in [-0.4, -0.2) is 39.3 Å². The van der Waals surface area contributed by atoms with Crippen LogP contribution in [0.2, 0.25) is 0 Å². The van der Waals surface area contributed by atoms with Gasteiger partial charge in [-0.3, -0.25) is 9.36 Å². The number of amides is 1. The summed E-state index contributed by atoms with van der Waals surface area (Å²) in [6.45, 7) is 6.58. The maximum atomic E-state index is 12.4. The predicted octanol–water partition coefficient (Wildman–Crippen LogP) is 2.56. The number of aromatic nitrogens is 1. The third kappa shape index (κ3) is 4.59. The third-order valence-electron chi connectivity index (χ3n) is 3.48. The van der Waals surface area contributed by atoms with E-state index in [2.05, 4.69) is 5.32 Å². The molecule has 134 valence electrons. The monoisotopic (exact) mass is 346 g/mol. The fourth-order valence-corrected chi connectivity index (χ4v) is 2.54. The van der Waals surface area contributed by atoms with Gasteiger partial charge in [-0.15, -0.1) is 0 Å². The summed E-state index contributed by atoms with van der Waals surface area (Å²) >= 11 is 0. The van der Waals surface area contributed by atoms with Crippen LogP contribution in [0.15, 0.2) is 30.5 Å². The van der Waals surface area contributed by atoms with E-state index in [1.807, 2.05) is 0 Å². The van der Waals surface area contributed by atoms with E-state index in [4.69, 9.17) is 4.74 Å². The first-order valence-electron chi connectivity index (χ1n) is 7.90. The maximum Gasteiger partial charge on any atom is 0.419 e. The number of carbonyl (C=O) groups excluding carboxylic acids is 2. The van der Waals surface area contributed by atoms with Crippen molar-refractivity contribution in [2.45, 2.75) is 45.8 Å². The van der Waals surface area contributed by atoms with Gasteiger partial charge < -0.3 is 15.2 Å². The molecule has 1 aromatic heterocycles. The number of para-hydroxylation sites is 1. The molecule has 0 saturated carbocycles. The summed E-state index contributed by atoms with van der Waals surface area (Å²) in [4.78, 5) is 35.1. The minimum absolute atomic E-state index is 0.0607. The van der Waals surface area contributed by atoms with E-state index < -0.39 is 29.6 Å². The highest BCUT2D eigenvalue weighted by molar-refractivity contribution is 5.92. The summed E-state index contributed by atoms with van der Waals surface area (Å²) in [5, 5.41) is 12.5. The number of fused-ring (bicyclic) bond motifs is 1. The molecule has 25 heavy (non-hydrogen) atoms. The molecule has 0 unspecified atom stereocenters. The number of nitrogens with one attached hydrogen (secondary N) is 1. The molecule has 0 aliphatic carbocycles. The van der Waals surface area contributed by atoms with Crippen molar-refractivity contribution in [3.63, 3.8) is 0 Å². The summed E-state index contributed by atoms with van der Waals surface area (Å²) in [7, 11) is 0. The zero-order valence-electron chi connectivity index (χ0n) is 14.7. The van der Waals surface area contributed by atoms with Gasteiger partial charge in [-0.1, -0.05) is 18.2 Å². The summed E-state index contributed by atoms with van der Waals surface area (Å²) in [5.41, 5.74) is 0.615. The van der Waals surface area contributed by atoms with Gasteiger partial charge in [-0.25, -0.2) is 9.59 Å². The van der Waals surface area contributed by atoms with Crippen molar-refractivity contribution in [2.24, 2.45) is 0 Å². The molecule has 0 aliphatic rings. The van der Waals surface area contributed by atoms with Crippen LogP contribution < -0.4 is 5.32 Å². The molecule has 2 aromatic rings. The third-order valence-corrected chi connectivity index (χ3v) is 3.48. The normalized spacial score (nSPS) is 12.6. The second kappa shape index (κ2) is 6.96. The van der Waals surface area contributed by atoms with E-state index in [1.165, 1.54) is 11.5 Å². The van der Waals surface area contributed by atoms with Crippen LogP contribution in [0.25, 0.3) is 10.9 Å². The lowest BCUT2D eigenvalue weighted by molar-refractivity contribution is -0.141. The Hall–Kier alpha value is -2.83. The Bertz CT molecular complexity index is 816. The van der Waals surface area contributed by atoms with Gasteiger partial charge in [-0.05, 0) is 32.4 Å². The number of nitrogens with zero attached hydrogens (tertiary/aromatic N) is 1. The first kappa shape index (κ1) is 18.5. The number of hydrogen-bond acceptors (Lipinski definition) is 4. The van der Waals surface area contributed by atoms with Crippen LogP contribution in [0.4, 0.5) is 4.79 Å². The second-order valence-electron chi connectivity index (χ2n) is 6.82. The van der Waals surface area contributed by atoms with E-state index in [0.717, 1.165) is 5.39 Å². The largest absolute Gasteiger partial charge is 0.480 e. The first-order chi connectivity index (χ1) is 11.6. The first-order valence-corrected chi connectivity index (χ1v) is 7.90. The highest BCUT2D eigenvalue weighted by atomic mass is 16.6. The molecule has 2 N–H and O–H groups in total. The van der Waals surface area contributed by atoms with Crippen molar-refractivity contribution in [3.8, 4) is 0 Å². The molecule has 2 rings (SSSR count). The van der Waals surface area contributed by atoms with Gasteiger partial charge in [0, 0.05) is 24.9 Å². The molecular formula is C18H22N2O5. The average molecular weight is 346 g/mol. The Balaban J connectivity index is 2.43. The molecule has 0 radical (unpaired) electrons. The number of ether oxygens (including phenoxy) is 1. The Morgan fingerprint density at radius 2 is 1.88 bits per heavy atom. The lowest BCUT2D eigenvalue weighted by Gasteiger charge is -2.19. The maximum absolute atomic E-state index is 12.4. The highest BCUT2D eigenvalue weighted by Crippen LogP contribution is 2.24. The van der Waals surface area contributed by atoms with Crippen LogP contribution in [0.1, 0.15) is 33.3 Å². The molecule has 1 amide bonds. The molecule has 7 nitrogen and oxygen atoms in total. The van der Waals surface area contributed by atoms with Gasteiger partial charge in [0.25, 0.3) is 0 Å². The Morgan fingerprint density at radius 1 is 1.24 bits per heavy atom.